The van der Waals surface area contributed by atoms with Gasteiger partial charge in [-0.05, 0) is 45.4 Å². The maximum atomic E-state index is 6.38. The van der Waals surface area contributed by atoms with Gasteiger partial charge in [-0.25, -0.2) is 4.98 Å². The van der Waals surface area contributed by atoms with Gasteiger partial charge in [0.05, 0.1) is 16.6 Å². The van der Waals surface area contributed by atoms with Gasteiger partial charge < -0.3 is 10.3 Å². The minimum absolute atomic E-state index is 0.348. The van der Waals surface area contributed by atoms with Gasteiger partial charge >= 0.3 is 0 Å². The summed E-state index contributed by atoms with van der Waals surface area (Å²) in [4.78, 5) is 4.75. The summed E-state index contributed by atoms with van der Waals surface area (Å²) in [5.74, 6) is 0.966. The molecule has 0 saturated heterocycles. The molecule has 18 heavy (non-hydrogen) atoms. The third-order valence-corrected chi connectivity index (χ3v) is 3.91. The van der Waals surface area contributed by atoms with Crippen LogP contribution < -0.4 is 5.73 Å². The summed E-state index contributed by atoms with van der Waals surface area (Å²) in [6.45, 7) is 8.47. The first-order chi connectivity index (χ1) is 8.36. The molecule has 3 nitrogen and oxygen atoms in total. The summed E-state index contributed by atoms with van der Waals surface area (Å²) in [6.07, 6.45) is 0.865. The maximum absolute atomic E-state index is 6.38. The van der Waals surface area contributed by atoms with Crippen molar-refractivity contribution in [2.45, 2.75) is 45.7 Å². The first kappa shape index (κ1) is 13.6. The molecule has 1 heterocycles. The van der Waals surface area contributed by atoms with E-state index in [-0.39, 0.29) is 0 Å². The van der Waals surface area contributed by atoms with E-state index in [1.165, 1.54) is 0 Å². The van der Waals surface area contributed by atoms with Gasteiger partial charge in [-0.3, -0.25) is 0 Å². The molecule has 0 aliphatic rings. The van der Waals surface area contributed by atoms with Crippen LogP contribution in [0.3, 0.4) is 0 Å². The number of hydrogen-bond acceptors (Lipinski definition) is 2. The van der Waals surface area contributed by atoms with Crippen molar-refractivity contribution in [3.05, 3.63) is 28.5 Å². The van der Waals surface area contributed by atoms with Gasteiger partial charge in [0.2, 0.25) is 0 Å². The van der Waals surface area contributed by atoms with Crippen LogP contribution in [-0.4, -0.2) is 9.55 Å². The molecule has 0 fully saturated rings. The molecule has 98 valence electrons. The minimum atomic E-state index is -0.393. The third kappa shape index (κ3) is 2.19. The summed E-state index contributed by atoms with van der Waals surface area (Å²) < 4.78 is 3.29. The van der Waals surface area contributed by atoms with Crippen molar-refractivity contribution in [1.82, 2.24) is 9.55 Å². The third-order valence-electron chi connectivity index (χ3n) is 3.41. The molecule has 0 saturated carbocycles. The molecule has 0 spiro atoms. The molecule has 0 bridgehead atoms. The predicted molar refractivity (Wildman–Crippen MR) is 79.6 cm³/mol. The Bertz CT molecular complexity index is 570. The van der Waals surface area contributed by atoms with E-state index in [0.29, 0.717) is 6.04 Å². The number of nitrogens with two attached hydrogens (primary N) is 1. The van der Waals surface area contributed by atoms with Gasteiger partial charge in [-0.2, -0.15) is 0 Å². The molecule has 0 radical (unpaired) electrons. The van der Waals surface area contributed by atoms with Crippen molar-refractivity contribution in [2.75, 3.05) is 0 Å². The number of fused-ring (bicyclic) bond motifs is 1. The first-order valence-electron chi connectivity index (χ1n) is 6.33. The zero-order valence-electron chi connectivity index (χ0n) is 11.4. The van der Waals surface area contributed by atoms with E-state index >= 15 is 0 Å². The van der Waals surface area contributed by atoms with E-state index in [4.69, 9.17) is 10.7 Å². The Balaban J connectivity index is 2.77. The van der Waals surface area contributed by atoms with E-state index in [9.17, 15) is 0 Å². The topological polar surface area (TPSA) is 43.8 Å². The first-order valence-corrected chi connectivity index (χ1v) is 7.13. The lowest BCUT2D eigenvalue weighted by molar-refractivity contribution is 0.409. The molecule has 2 N–H and O–H groups in total. The molecular weight excluding hydrogens is 290 g/mol. The normalized spacial score (nSPS) is 15.3. The fourth-order valence-corrected chi connectivity index (χ4v) is 2.50. The Hall–Kier alpha value is -0.870. The fraction of sp³-hybridized carbons (Fsp3) is 0.500. The number of imidazole rings is 1. The highest BCUT2D eigenvalue weighted by molar-refractivity contribution is 9.10. The van der Waals surface area contributed by atoms with Crippen molar-refractivity contribution in [2.24, 2.45) is 5.73 Å². The number of rotatable bonds is 3. The SMILES string of the molecule is CCC(C)(N)c1nc2cc(Br)ccc2n1C(C)C. The summed E-state index contributed by atoms with van der Waals surface area (Å²) in [5, 5.41) is 0. The van der Waals surface area contributed by atoms with Crippen LogP contribution in [0.2, 0.25) is 0 Å². The van der Waals surface area contributed by atoms with Crippen LogP contribution in [0.25, 0.3) is 11.0 Å². The van der Waals surface area contributed by atoms with Crippen LogP contribution in [-0.2, 0) is 5.54 Å². The Kier molecular flexibility index (Phi) is 3.52. The molecule has 2 aromatic rings. The second kappa shape index (κ2) is 4.67. The Morgan fingerprint density at radius 2 is 2.11 bits per heavy atom. The van der Waals surface area contributed by atoms with Crippen molar-refractivity contribution in [3.8, 4) is 0 Å². The Labute approximate surface area is 117 Å². The Morgan fingerprint density at radius 3 is 2.67 bits per heavy atom. The quantitative estimate of drug-likeness (QED) is 0.932. The van der Waals surface area contributed by atoms with Crippen LogP contribution in [0.5, 0.6) is 0 Å². The van der Waals surface area contributed by atoms with E-state index in [1.54, 1.807) is 0 Å². The lowest BCUT2D eigenvalue weighted by Crippen LogP contribution is -2.35. The van der Waals surface area contributed by atoms with Gasteiger partial charge in [0, 0.05) is 10.5 Å². The summed E-state index contributed by atoms with van der Waals surface area (Å²) in [6, 6.07) is 6.54. The summed E-state index contributed by atoms with van der Waals surface area (Å²) >= 11 is 3.49. The van der Waals surface area contributed by atoms with Crippen LogP contribution in [0.15, 0.2) is 22.7 Å². The van der Waals surface area contributed by atoms with Gasteiger partial charge in [0.15, 0.2) is 0 Å². The average Bonchev–Trinajstić information content (AvgIpc) is 2.68. The molecule has 1 unspecified atom stereocenters. The van der Waals surface area contributed by atoms with Crippen LogP contribution in [0, 0.1) is 0 Å². The number of benzene rings is 1. The largest absolute Gasteiger partial charge is 0.324 e. The van der Waals surface area contributed by atoms with E-state index in [1.807, 2.05) is 19.1 Å². The van der Waals surface area contributed by atoms with Crippen molar-refractivity contribution in [3.63, 3.8) is 0 Å². The lowest BCUT2D eigenvalue weighted by Gasteiger charge is -2.25. The highest BCUT2D eigenvalue weighted by Gasteiger charge is 2.27. The molecule has 1 aromatic carbocycles. The molecular formula is C14H20BrN3. The molecule has 0 aliphatic heterocycles. The zero-order valence-corrected chi connectivity index (χ0v) is 13.0. The second-order valence-electron chi connectivity index (χ2n) is 5.30. The molecule has 1 atom stereocenters. The Morgan fingerprint density at radius 1 is 1.44 bits per heavy atom. The summed E-state index contributed by atoms with van der Waals surface area (Å²) in [5.41, 5.74) is 8.13. The summed E-state index contributed by atoms with van der Waals surface area (Å²) in [7, 11) is 0. The van der Waals surface area contributed by atoms with Crippen LogP contribution >= 0.6 is 15.9 Å². The fourth-order valence-electron chi connectivity index (χ4n) is 2.16. The van der Waals surface area contributed by atoms with Gasteiger partial charge in [0.1, 0.15) is 5.82 Å². The zero-order chi connectivity index (χ0) is 13.5. The second-order valence-corrected chi connectivity index (χ2v) is 6.22. The average molecular weight is 310 g/mol. The number of aromatic nitrogens is 2. The number of halogens is 1. The molecule has 0 aliphatic carbocycles. The lowest BCUT2D eigenvalue weighted by atomic mass is 9.99. The monoisotopic (exact) mass is 309 g/mol. The van der Waals surface area contributed by atoms with E-state index in [2.05, 4.69) is 47.3 Å². The molecule has 0 amide bonds. The number of hydrogen-bond donors (Lipinski definition) is 1. The van der Waals surface area contributed by atoms with Crippen molar-refractivity contribution >= 4 is 27.0 Å². The highest BCUT2D eigenvalue weighted by atomic mass is 79.9. The van der Waals surface area contributed by atoms with Gasteiger partial charge in [-0.1, -0.05) is 22.9 Å². The van der Waals surface area contributed by atoms with Crippen LogP contribution in [0.1, 0.15) is 46.0 Å². The van der Waals surface area contributed by atoms with Gasteiger partial charge in [0.25, 0.3) is 0 Å². The minimum Gasteiger partial charge on any atom is -0.324 e. The van der Waals surface area contributed by atoms with Crippen molar-refractivity contribution in [1.29, 1.82) is 0 Å². The van der Waals surface area contributed by atoms with E-state index in [0.717, 1.165) is 27.8 Å². The van der Waals surface area contributed by atoms with E-state index < -0.39 is 5.54 Å². The van der Waals surface area contributed by atoms with Gasteiger partial charge in [-0.15, -0.1) is 0 Å². The highest BCUT2D eigenvalue weighted by Crippen LogP contribution is 2.30. The molecule has 4 heteroatoms. The molecule has 1 aromatic heterocycles. The maximum Gasteiger partial charge on any atom is 0.129 e. The molecule has 2 rings (SSSR count). The standard InChI is InChI=1S/C14H20BrN3/c1-5-14(4,16)13-17-11-8-10(15)6-7-12(11)18(13)9(2)3/h6-9H,5,16H2,1-4H3. The predicted octanol–water partition coefficient (Wildman–Crippen LogP) is 3.96. The number of nitrogens with zero attached hydrogens (tertiary/aromatic N) is 2. The smallest absolute Gasteiger partial charge is 0.129 e. The van der Waals surface area contributed by atoms with Crippen LogP contribution in [0.4, 0.5) is 0 Å². The van der Waals surface area contributed by atoms with Crippen molar-refractivity contribution < 1.29 is 0 Å².